The van der Waals surface area contributed by atoms with Crippen LogP contribution in [0.1, 0.15) is 18.4 Å². The lowest BCUT2D eigenvalue weighted by Crippen LogP contribution is -2.06. The molecule has 0 saturated heterocycles. The molecule has 0 aliphatic heterocycles. The van der Waals surface area contributed by atoms with E-state index in [-0.39, 0.29) is 0 Å². The van der Waals surface area contributed by atoms with E-state index < -0.39 is 0 Å². The molecule has 0 unspecified atom stereocenters. The van der Waals surface area contributed by atoms with Crippen molar-refractivity contribution in [1.29, 1.82) is 0 Å². The molecule has 0 aromatic carbocycles. The number of hydrogen-bond donors (Lipinski definition) is 1. The van der Waals surface area contributed by atoms with Gasteiger partial charge < -0.3 is 9.73 Å². The van der Waals surface area contributed by atoms with Crippen LogP contribution in [-0.4, -0.2) is 14.8 Å². The Hall–Kier alpha value is -2.56. The summed E-state index contributed by atoms with van der Waals surface area (Å²) in [5.74, 6) is 2.69. The highest BCUT2D eigenvalue weighted by Gasteiger charge is 2.06. The molecule has 1 N–H and O–H groups in total. The third kappa shape index (κ3) is 2.56. The zero-order valence-electron chi connectivity index (χ0n) is 11.3. The van der Waals surface area contributed by atoms with Gasteiger partial charge in [0.15, 0.2) is 5.82 Å². The lowest BCUT2D eigenvalue weighted by molar-refractivity contribution is 0.476. The molecule has 3 aromatic heterocycles. The lowest BCUT2D eigenvalue weighted by Gasteiger charge is -2.09. The fraction of sp³-hybridized carbons (Fsp3) is 0.200. The van der Waals surface area contributed by atoms with Crippen molar-refractivity contribution in [3.05, 3.63) is 60.4 Å². The van der Waals surface area contributed by atoms with Crippen LogP contribution in [0.4, 0.5) is 5.69 Å². The predicted molar refractivity (Wildman–Crippen MR) is 76.8 cm³/mol. The first-order valence-corrected chi connectivity index (χ1v) is 6.63. The normalized spacial score (nSPS) is 10.7. The van der Waals surface area contributed by atoms with Gasteiger partial charge in [-0.3, -0.25) is 0 Å². The lowest BCUT2D eigenvalue weighted by atomic mass is 10.3. The zero-order valence-corrected chi connectivity index (χ0v) is 11.3. The van der Waals surface area contributed by atoms with Crippen molar-refractivity contribution in [2.24, 2.45) is 0 Å². The van der Waals surface area contributed by atoms with E-state index in [0.717, 1.165) is 29.4 Å². The number of rotatable bonds is 5. The average Bonchev–Trinajstić information content (AvgIpc) is 3.17. The third-order valence-corrected chi connectivity index (χ3v) is 3.03. The van der Waals surface area contributed by atoms with Gasteiger partial charge in [0, 0.05) is 25.0 Å². The maximum atomic E-state index is 5.68. The van der Waals surface area contributed by atoms with Crippen molar-refractivity contribution in [3.8, 4) is 5.82 Å². The Morgan fingerprint density at radius 1 is 1.15 bits per heavy atom. The van der Waals surface area contributed by atoms with E-state index in [0.29, 0.717) is 6.54 Å². The second-order valence-corrected chi connectivity index (χ2v) is 4.40. The molecule has 0 fully saturated rings. The highest BCUT2D eigenvalue weighted by Crippen LogP contribution is 2.18. The quantitative estimate of drug-likeness (QED) is 0.772. The molecule has 0 bridgehead atoms. The van der Waals surface area contributed by atoms with Crippen molar-refractivity contribution in [2.45, 2.75) is 19.9 Å². The van der Waals surface area contributed by atoms with Gasteiger partial charge in [-0.2, -0.15) is 5.10 Å². The van der Waals surface area contributed by atoms with Gasteiger partial charge in [0.25, 0.3) is 0 Å². The second-order valence-electron chi connectivity index (χ2n) is 4.40. The minimum absolute atomic E-state index is 0.625. The molecule has 5 heteroatoms. The molecular formula is C15H16N4O. The van der Waals surface area contributed by atoms with Crippen LogP contribution >= 0.6 is 0 Å². The summed E-state index contributed by atoms with van der Waals surface area (Å²) >= 11 is 0. The Balaban J connectivity index is 1.77. The molecule has 0 radical (unpaired) electrons. The molecule has 0 amide bonds. The molecule has 20 heavy (non-hydrogen) atoms. The molecule has 3 aromatic rings. The van der Waals surface area contributed by atoms with Crippen molar-refractivity contribution < 1.29 is 4.42 Å². The SMILES string of the molecule is CCc1ccc(CNc2cccnc2-n2cccn2)o1. The Morgan fingerprint density at radius 2 is 2.05 bits per heavy atom. The van der Waals surface area contributed by atoms with Gasteiger partial charge in [-0.1, -0.05) is 6.92 Å². The molecule has 102 valence electrons. The first-order valence-electron chi connectivity index (χ1n) is 6.63. The summed E-state index contributed by atoms with van der Waals surface area (Å²) in [5, 5.41) is 7.55. The van der Waals surface area contributed by atoms with Crippen molar-refractivity contribution in [1.82, 2.24) is 14.8 Å². The number of nitrogens with one attached hydrogen (secondary N) is 1. The average molecular weight is 268 g/mol. The van der Waals surface area contributed by atoms with Gasteiger partial charge in [-0.05, 0) is 30.3 Å². The Kier molecular flexibility index (Phi) is 3.50. The fourth-order valence-corrected chi connectivity index (χ4v) is 2.00. The van der Waals surface area contributed by atoms with Gasteiger partial charge in [0.05, 0.1) is 12.2 Å². The number of furan rings is 1. The number of anilines is 1. The largest absolute Gasteiger partial charge is 0.464 e. The fourth-order valence-electron chi connectivity index (χ4n) is 2.00. The van der Waals surface area contributed by atoms with E-state index in [1.807, 2.05) is 36.5 Å². The summed E-state index contributed by atoms with van der Waals surface area (Å²) in [6, 6.07) is 9.76. The molecule has 0 spiro atoms. The zero-order chi connectivity index (χ0) is 13.8. The summed E-state index contributed by atoms with van der Waals surface area (Å²) in [6.07, 6.45) is 6.27. The van der Waals surface area contributed by atoms with Crippen LogP contribution in [-0.2, 0) is 13.0 Å². The van der Waals surface area contributed by atoms with Crippen LogP contribution in [0.15, 0.2) is 53.3 Å². The highest BCUT2D eigenvalue weighted by molar-refractivity contribution is 5.56. The van der Waals surface area contributed by atoms with Crippen LogP contribution in [0.3, 0.4) is 0 Å². The second kappa shape index (κ2) is 5.61. The monoisotopic (exact) mass is 268 g/mol. The molecule has 0 aliphatic rings. The summed E-state index contributed by atoms with van der Waals surface area (Å²) in [7, 11) is 0. The molecule has 0 atom stereocenters. The number of aryl methyl sites for hydroxylation is 1. The maximum Gasteiger partial charge on any atom is 0.176 e. The van der Waals surface area contributed by atoms with Crippen LogP contribution in [0.2, 0.25) is 0 Å². The van der Waals surface area contributed by atoms with Gasteiger partial charge >= 0.3 is 0 Å². The molecular weight excluding hydrogens is 252 g/mol. The van der Waals surface area contributed by atoms with Gasteiger partial charge in [0.2, 0.25) is 0 Å². The minimum Gasteiger partial charge on any atom is -0.464 e. The van der Waals surface area contributed by atoms with Crippen molar-refractivity contribution in [3.63, 3.8) is 0 Å². The van der Waals surface area contributed by atoms with Crippen LogP contribution in [0.25, 0.3) is 5.82 Å². The number of aromatic nitrogens is 3. The molecule has 0 saturated carbocycles. The highest BCUT2D eigenvalue weighted by atomic mass is 16.3. The summed E-state index contributed by atoms with van der Waals surface area (Å²) in [4.78, 5) is 4.36. The first-order chi connectivity index (χ1) is 9.86. The standard InChI is InChI=1S/C15H16N4O/c1-2-12-6-7-13(20-12)11-17-14-5-3-8-16-15(14)19-10-4-9-18-19/h3-10,17H,2,11H2,1H3. The van der Waals surface area contributed by atoms with E-state index in [9.17, 15) is 0 Å². The summed E-state index contributed by atoms with van der Waals surface area (Å²) in [6.45, 7) is 2.70. The van der Waals surface area contributed by atoms with Crippen LogP contribution in [0, 0.1) is 0 Å². The third-order valence-electron chi connectivity index (χ3n) is 3.03. The van der Waals surface area contributed by atoms with E-state index in [1.54, 1.807) is 17.1 Å². The van der Waals surface area contributed by atoms with Crippen LogP contribution < -0.4 is 5.32 Å². The van der Waals surface area contributed by atoms with Gasteiger partial charge in [0.1, 0.15) is 11.5 Å². The Morgan fingerprint density at radius 3 is 2.80 bits per heavy atom. The predicted octanol–water partition coefficient (Wildman–Crippen LogP) is 3.03. The van der Waals surface area contributed by atoms with E-state index in [2.05, 4.69) is 22.3 Å². The van der Waals surface area contributed by atoms with Gasteiger partial charge in [-0.15, -0.1) is 0 Å². The Bertz CT molecular complexity index is 673. The molecule has 3 rings (SSSR count). The first kappa shape index (κ1) is 12.5. The maximum absolute atomic E-state index is 5.68. The summed E-state index contributed by atoms with van der Waals surface area (Å²) in [5.41, 5.74) is 0.922. The number of pyridine rings is 1. The number of nitrogens with zero attached hydrogens (tertiary/aromatic N) is 3. The minimum atomic E-state index is 0.625. The molecule has 5 nitrogen and oxygen atoms in total. The Labute approximate surface area is 117 Å². The van der Waals surface area contributed by atoms with Gasteiger partial charge in [-0.25, -0.2) is 9.67 Å². The molecule has 0 aliphatic carbocycles. The van der Waals surface area contributed by atoms with Crippen LogP contribution in [0.5, 0.6) is 0 Å². The van der Waals surface area contributed by atoms with Crippen molar-refractivity contribution in [2.75, 3.05) is 5.32 Å². The van der Waals surface area contributed by atoms with Crippen molar-refractivity contribution >= 4 is 5.69 Å². The molecule has 3 heterocycles. The van der Waals surface area contributed by atoms with E-state index in [1.165, 1.54) is 0 Å². The van der Waals surface area contributed by atoms with E-state index >= 15 is 0 Å². The van der Waals surface area contributed by atoms with E-state index in [4.69, 9.17) is 4.42 Å². The summed E-state index contributed by atoms with van der Waals surface area (Å²) < 4.78 is 7.42. The topological polar surface area (TPSA) is 55.9 Å². The smallest absolute Gasteiger partial charge is 0.176 e. The number of hydrogen-bond acceptors (Lipinski definition) is 4.